The minimum Gasteiger partial charge on any atom is -0.393 e. The van der Waals surface area contributed by atoms with Crippen molar-refractivity contribution < 1.29 is 4.79 Å². The highest BCUT2D eigenvalue weighted by Gasteiger charge is 2.57. The summed E-state index contributed by atoms with van der Waals surface area (Å²) in [7, 11) is 0. The number of amides is 1. The number of hydrogen-bond donors (Lipinski definition) is 1. The predicted octanol–water partition coefficient (Wildman–Crippen LogP) is 1.95. The van der Waals surface area contributed by atoms with Crippen molar-refractivity contribution in [2.75, 3.05) is 6.54 Å². The lowest BCUT2D eigenvalue weighted by Crippen LogP contribution is -2.40. The summed E-state index contributed by atoms with van der Waals surface area (Å²) >= 11 is 4.89. The van der Waals surface area contributed by atoms with Crippen molar-refractivity contribution >= 4 is 23.1 Å². The summed E-state index contributed by atoms with van der Waals surface area (Å²) in [4.78, 5) is 14.9. The van der Waals surface area contributed by atoms with Gasteiger partial charge in [-0.1, -0.05) is 18.6 Å². The molecule has 0 aromatic carbocycles. The molecule has 3 nitrogen and oxygen atoms in total. The smallest absolute Gasteiger partial charge is 0.226 e. The average Bonchev–Trinajstić information content (AvgIpc) is 2.71. The molecule has 0 aromatic heterocycles. The third-order valence-corrected chi connectivity index (χ3v) is 4.40. The van der Waals surface area contributed by atoms with Crippen LogP contribution in [0.1, 0.15) is 39.5 Å². The molecule has 4 heteroatoms. The second-order valence-electron chi connectivity index (χ2n) is 5.63. The Kier molecular flexibility index (Phi) is 3.71. The van der Waals surface area contributed by atoms with Gasteiger partial charge < -0.3 is 10.6 Å². The molecular formula is C13H22N2OS. The van der Waals surface area contributed by atoms with Crippen molar-refractivity contribution in [3.63, 3.8) is 0 Å². The fraction of sp³-hybridized carbons (Fsp3) is 0.846. The van der Waals surface area contributed by atoms with Crippen LogP contribution in [0.15, 0.2) is 0 Å². The van der Waals surface area contributed by atoms with E-state index in [2.05, 4.69) is 13.8 Å². The van der Waals surface area contributed by atoms with Crippen molar-refractivity contribution in [1.82, 2.24) is 4.90 Å². The van der Waals surface area contributed by atoms with E-state index in [1.807, 2.05) is 4.90 Å². The number of rotatable bonds is 5. The summed E-state index contributed by atoms with van der Waals surface area (Å²) in [5.74, 6) is 2.03. The van der Waals surface area contributed by atoms with Crippen molar-refractivity contribution in [3.05, 3.63) is 0 Å². The number of carbonyl (C=O) groups is 1. The zero-order valence-electron chi connectivity index (χ0n) is 10.7. The highest BCUT2D eigenvalue weighted by atomic mass is 32.1. The molecule has 17 heavy (non-hydrogen) atoms. The molecule has 2 aliphatic carbocycles. The lowest BCUT2D eigenvalue weighted by Gasteiger charge is -2.27. The van der Waals surface area contributed by atoms with E-state index in [0.29, 0.717) is 41.6 Å². The molecule has 1 amide bonds. The molecule has 2 rings (SSSR count). The highest BCUT2D eigenvalue weighted by molar-refractivity contribution is 7.80. The van der Waals surface area contributed by atoms with E-state index in [1.54, 1.807) is 0 Å². The second kappa shape index (κ2) is 4.92. The molecule has 2 fully saturated rings. The standard InChI is InChI=1S/C13H22N2OS/c1-8(2)15(7-6-11(14)17)13(16)12-9-4-3-5-10(9)12/h8-10,12H,3-7H2,1-2H3,(H2,14,17). The first-order chi connectivity index (χ1) is 8.02. The number of carbonyl (C=O) groups excluding carboxylic acids is 1. The molecule has 2 aliphatic rings. The van der Waals surface area contributed by atoms with E-state index >= 15 is 0 Å². The Balaban J connectivity index is 1.92. The van der Waals surface area contributed by atoms with Crippen LogP contribution in [0.2, 0.25) is 0 Å². The van der Waals surface area contributed by atoms with E-state index in [1.165, 1.54) is 19.3 Å². The van der Waals surface area contributed by atoms with Crippen LogP contribution in [0.3, 0.4) is 0 Å². The molecule has 2 saturated carbocycles. The monoisotopic (exact) mass is 254 g/mol. The van der Waals surface area contributed by atoms with E-state index in [0.717, 1.165) is 0 Å². The number of thiocarbonyl (C=S) groups is 1. The summed E-state index contributed by atoms with van der Waals surface area (Å²) in [5, 5.41) is 0. The normalized spacial score (nSPS) is 30.2. The summed E-state index contributed by atoms with van der Waals surface area (Å²) < 4.78 is 0. The van der Waals surface area contributed by atoms with Gasteiger partial charge in [-0.05, 0) is 38.5 Å². The lowest BCUT2D eigenvalue weighted by atomic mass is 10.1. The van der Waals surface area contributed by atoms with Gasteiger partial charge in [0, 0.05) is 24.9 Å². The van der Waals surface area contributed by atoms with Gasteiger partial charge in [-0.3, -0.25) is 4.79 Å². The molecule has 0 radical (unpaired) electrons. The van der Waals surface area contributed by atoms with Gasteiger partial charge in [-0.15, -0.1) is 0 Å². The molecular weight excluding hydrogens is 232 g/mol. The van der Waals surface area contributed by atoms with Crippen LogP contribution in [0.25, 0.3) is 0 Å². The van der Waals surface area contributed by atoms with Gasteiger partial charge in [0.2, 0.25) is 5.91 Å². The maximum absolute atomic E-state index is 12.4. The third-order valence-electron chi connectivity index (χ3n) is 4.20. The van der Waals surface area contributed by atoms with Crippen LogP contribution in [0.5, 0.6) is 0 Å². The Hall–Kier alpha value is -0.640. The van der Waals surface area contributed by atoms with Crippen LogP contribution in [-0.4, -0.2) is 28.4 Å². The Morgan fingerprint density at radius 3 is 2.47 bits per heavy atom. The molecule has 0 spiro atoms. The molecule has 2 unspecified atom stereocenters. The van der Waals surface area contributed by atoms with Crippen molar-refractivity contribution in [1.29, 1.82) is 0 Å². The first-order valence-electron chi connectivity index (χ1n) is 6.61. The van der Waals surface area contributed by atoms with Gasteiger partial charge in [0.1, 0.15) is 0 Å². The van der Waals surface area contributed by atoms with Gasteiger partial charge >= 0.3 is 0 Å². The van der Waals surface area contributed by atoms with Crippen LogP contribution < -0.4 is 5.73 Å². The van der Waals surface area contributed by atoms with E-state index in [4.69, 9.17) is 18.0 Å². The number of fused-ring (bicyclic) bond motifs is 1. The minimum absolute atomic E-state index is 0.248. The van der Waals surface area contributed by atoms with Gasteiger partial charge in [0.15, 0.2) is 0 Å². The second-order valence-corrected chi connectivity index (χ2v) is 6.15. The third kappa shape index (κ3) is 2.62. The van der Waals surface area contributed by atoms with Crippen LogP contribution in [0.4, 0.5) is 0 Å². The first-order valence-corrected chi connectivity index (χ1v) is 7.02. The van der Waals surface area contributed by atoms with Gasteiger partial charge in [-0.25, -0.2) is 0 Å². The molecule has 2 atom stereocenters. The fourth-order valence-corrected chi connectivity index (χ4v) is 3.32. The summed E-state index contributed by atoms with van der Waals surface area (Å²) in [5.41, 5.74) is 5.52. The summed E-state index contributed by atoms with van der Waals surface area (Å²) in [6.07, 6.45) is 4.46. The van der Waals surface area contributed by atoms with E-state index in [9.17, 15) is 4.79 Å². The molecule has 0 heterocycles. The highest BCUT2D eigenvalue weighted by Crippen LogP contribution is 2.58. The molecule has 96 valence electrons. The number of nitrogens with two attached hydrogens (primary N) is 1. The van der Waals surface area contributed by atoms with Crippen molar-refractivity contribution in [2.24, 2.45) is 23.5 Å². The van der Waals surface area contributed by atoms with Crippen molar-refractivity contribution in [3.8, 4) is 0 Å². The Morgan fingerprint density at radius 1 is 1.41 bits per heavy atom. The average molecular weight is 254 g/mol. The largest absolute Gasteiger partial charge is 0.393 e. The molecule has 0 saturated heterocycles. The van der Waals surface area contributed by atoms with Gasteiger partial charge in [-0.2, -0.15) is 0 Å². The van der Waals surface area contributed by atoms with Gasteiger partial charge in [0.05, 0.1) is 4.99 Å². The lowest BCUT2D eigenvalue weighted by molar-refractivity contribution is -0.135. The quantitative estimate of drug-likeness (QED) is 0.763. The molecule has 0 aliphatic heterocycles. The Labute approximate surface area is 109 Å². The van der Waals surface area contributed by atoms with Crippen LogP contribution in [-0.2, 0) is 4.79 Å². The Morgan fingerprint density at radius 2 is 2.00 bits per heavy atom. The van der Waals surface area contributed by atoms with E-state index in [-0.39, 0.29) is 6.04 Å². The fourth-order valence-electron chi connectivity index (χ4n) is 3.23. The molecule has 0 aromatic rings. The zero-order valence-corrected chi connectivity index (χ0v) is 11.5. The SMILES string of the molecule is CC(C)N(CCC(N)=S)C(=O)C1C2CCCC21. The zero-order chi connectivity index (χ0) is 12.6. The topological polar surface area (TPSA) is 46.3 Å². The maximum Gasteiger partial charge on any atom is 0.226 e. The predicted molar refractivity (Wildman–Crippen MR) is 72.6 cm³/mol. The summed E-state index contributed by atoms with van der Waals surface area (Å²) in [6.45, 7) is 4.81. The maximum atomic E-state index is 12.4. The van der Waals surface area contributed by atoms with Crippen molar-refractivity contribution in [2.45, 2.75) is 45.6 Å². The van der Waals surface area contributed by atoms with Crippen LogP contribution in [0, 0.1) is 17.8 Å². The van der Waals surface area contributed by atoms with Gasteiger partial charge in [0.25, 0.3) is 0 Å². The van der Waals surface area contributed by atoms with E-state index < -0.39 is 0 Å². The van der Waals surface area contributed by atoms with Crippen LogP contribution >= 0.6 is 12.2 Å². The summed E-state index contributed by atoms with van der Waals surface area (Å²) in [6, 6.07) is 0.248. The Bertz CT molecular complexity index is 319. The number of hydrogen-bond acceptors (Lipinski definition) is 2. The molecule has 2 N–H and O–H groups in total. The minimum atomic E-state index is 0.248. The molecule has 0 bridgehead atoms. The number of nitrogens with zero attached hydrogens (tertiary/aromatic N) is 1. The first kappa shape index (κ1) is 12.8.